The van der Waals surface area contributed by atoms with Crippen molar-refractivity contribution < 1.29 is 14.0 Å². The number of hydrogen-bond acceptors (Lipinski definition) is 2. The Hall–Kier alpha value is -2.40. The number of amides is 2. The number of anilines is 1. The quantitative estimate of drug-likeness (QED) is 0.865. The molecule has 124 valence electrons. The van der Waals surface area contributed by atoms with E-state index in [1.807, 2.05) is 0 Å². The van der Waals surface area contributed by atoms with Crippen molar-refractivity contribution >= 4 is 29.1 Å². The van der Waals surface area contributed by atoms with Crippen molar-refractivity contribution in [2.75, 3.05) is 11.4 Å². The average Bonchev–Trinajstić information content (AvgIpc) is 2.96. The molecule has 0 radical (unpaired) electrons. The number of benzene rings is 2. The average molecular weight is 347 g/mol. The molecule has 0 aliphatic carbocycles. The summed E-state index contributed by atoms with van der Waals surface area (Å²) in [7, 11) is 0. The predicted molar refractivity (Wildman–Crippen MR) is 90.2 cm³/mol. The van der Waals surface area contributed by atoms with E-state index in [0.717, 1.165) is 5.56 Å². The zero-order valence-corrected chi connectivity index (χ0v) is 13.6. The van der Waals surface area contributed by atoms with Gasteiger partial charge in [-0.05, 0) is 36.2 Å². The smallest absolute Gasteiger partial charge is 0.239 e. The molecule has 24 heavy (non-hydrogen) atoms. The standard InChI is InChI=1S/C18H16ClFN2O2/c19-15-3-1-2-4-16(15)22-10-9-14(18(22)24)17(23)21-11-12-5-7-13(20)8-6-12/h1-8,14H,9-11H2,(H,21,23). The fraction of sp³-hybridized carbons (Fsp3) is 0.222. The van der Waals surface area contributed by atoms with Crippen LogP contribution in [0.5, 0.6) is 0 Å². The minimum Gasteiger partial charge on any atom is -0.351 e. The van der Waals surface area contributed by atoms with Gasteiger partial charge in [0.05, 0.1) is 10.7 Å². The number of nitrogens with zero attached hydrogens (tertiary/aromatic N) is 1. The van der Waals surface area contributed by atoms with Gasteiger partial charge in [0.25, 0.3) is 0 Å². The minimum atomic E-state index is -0.721. The van der Waals surface area contributed by atoms with Crippen LogP contribution < -0.4 is 10.2 Å². The van der Waals surface area contributed by atoms with Gasteiger partial charge in [-0.25, -0.2) is 4.39 Å². The molecule has 1 heterocycles. The Morgan fingerprint density at radius 1 is 1.21 bits per heavy atom. The van der Waals surface area contributed by atoms with Crippen LogP contribution in [-0.2, 0) is 16.1 Å². The van der Waals surface area contributed by atoms with E-state index in [1.165, 1.54) is 12.1 Å². The number of halogens is 2. The molecule has 1 aliphatic rings. The lowest BCUT2D eigenvalue weighted by Crippen LogP contribution is -2.36. The van der Waals surface area contributed by atoms with Crippen LogP contribution in [0, 0.1) is 11.7 Å². The highest BCUT2D eigenvalue weighted by Crippen LogP contribution is 2.31. The van der Waals surface area contributed by atoms with Crippen molar-refractivity contribution in [1.82, 2.24) is 5.32 Å². The molecule has 0 spiro atoms. The first-order chi connectivity index (χ1) is 11.6. The lowest BCUT2D eigenvalue weighted by molar-refractivity contribution is -0.132. The molecular formula is C18H16ClFN2O2. The molecule has 1 saturated heterocycles. The van der Waals surface area contributed by atoms with Crippen molar-refractivity contribution in [3.63, 3.8) is 0 Å². The summed E-state index contributed by atoms with van der Waals surface area (Å²) in [6, 6.07) is 12.9. The van der Waals surface area contributed by atoms with Crippen LogP contribution in [0.4, 0.5) is 10.1 Å². The maximum Gasteiger partial charge on any atom is 0.239 e. The van der Waals surface area contributed by atoms with Crippen LogP contribution in [0.15, 0.2) is 48.5 Å². The number of carbonyl (C=O) groups is 2. The first-order valence-corrected chi connectivity index (χ1v) is 8.02. The number of hydrogen-bond donors (Lipinski definition) is 1. The monoisotopic (exact) mass is 346 g/mol. The van der Waals surface area contributed by atoms with E-state index in [4.69, 9.17) is 11.6 Å². The number of rotatable bonds is 4. The predicted octanol–water partition coefficient (Wildman–Crippen LogP) is 3.15. The van der Waals surface area contributed by atoms with Crippen molar-refractivity contribution in [1.29, 1.82) is 0 Å². The highest BCUT2D eigenvalue weighted by atomic mass is 35.5. The van der Waals surface area contributed by atoms with E-state index in [1.54, 1.807) is 41.3 Å². The van der Waals surface area contributed by atoms with Crippen molar-refractivity contribution in [3.05, 3.63) is 64.9 Å². The van der Waals surface area contributed by atoms with E-state index >= 15 is 0 Å². The first-order valence-electron chi connectivity index (χ1n) is 7.64. The van der Waals surface area contributed by atoms with Crippen molar-refractivity contribution in [3.8, 4) is 0 Å². The van der Waals surface area contributed by atoms with Gasteiger partial charge in [0, 0.05) is 13.1 Å². The summed E-state index contributed by atoms with van der Waals surface area (Å²) in [6.07, 6.45) is 0.444. The Labute approximate surface area is 144 Å². The van der Waals surface area contributed by atoms with Crippen molar-refractivity contribution in [2.24, 2.45) is 5.92 Å². The number of para-hydroxylation sites is 1. The molecule has 2 aromatic rings. The molecule has 4 nitrogen and oxygen atoms in total. The summed E-state index contributed by atoms with van der Waals surface area (Å²) in [5.74, 6) is -1.62. The first kappa shape index (κ1) is 16.5. The Kier molecular flexibility index (Phi) is 4.81. The van der Waals surface area contributed by atoms with Gasteiger partial charge in [-0.15, -0.1) is 0 Å². The van der Waals surface area contributed by atoms with Gasteiger partial charge < -0.3 is 10.2 Å². The van der Waals surface area contributed by atoms with Crippen LogP contribution in [-0.4, -0.2) is 18.4 Å². The summed E-state index contributed by atoms with van der Waals surface area (Å²) in [6.45, 7) is 0.714. The Bertz CT molecular complexity index is 764. The van der Waals surface area contributed by atoms with Gasteiger partial charge in [0.2, 0.25) is 11.8 Å². The lowest BCUT2D eigenvalue weighted by atomic mass is 10.1. The fourth-order valence-electron chi connectivity index (χ4n) is 2.75. The van der Waals surface area contributed by atoms with Gasteiger partial charge >= 0.3 is 0 Å². The van der Waals surface area contributed by atoms with Gasteiger partial charge in [0.15, 0.2) is 0 Å². The van der Waals surface area contributed by atoms with E-state index in [9.17, 15) is 14.0 Å². The molecule has 1 unspecified atom stereocenters. The largest absolute Gasteiger partial charge is 0.351 e. The Balaban J connectivity index is 1.63. The molecule has 0 aromatic heterocycles. The van der Waals surface area contributed by atoms with Crippen LogP contribution >= 0.6 is 11.6 Å². The SMILES string of the molecule is O=C(NCc1ccc(F)cc1)C1CCN(c2ccccc2Cl)C1=O. The van der Waals surface area contributed by atoms with Crippen molar-refractivity contribution in [2.45, 2.75) is 13.0 Å². The van der Waals surface area contributed by atoms with E-state index in [0.29, 0.717) is 23.7 Å². The van der Waals surface area contributed by atoms with Crippen LogP contribution in [0.2, 0.25) is 5.02 Å². The third-order valence-electron chi connectivity index (χ3n) is 4.05. The molecule has 1 fully saturated rings. The van der Waals surface area contributed by atoms with E-state index in [-0.39, 0.29) is 24.2 Å². The highest BCUT2D eigenvalue weighted by Gasteiger charge is 2.38. The second-order valence-electron chi connectivity index (χ2n) is 5.63. The molecule has 3 rings (SSSR count). The second-order valence-corrected chi connectivity index (χ2v) is 6.03. The third-order valence-corrected chi connectivity index (χ3v) is 4.36. The topological polar surface area (TPSA) is 49.4 Å². The third kappa shape index (κ3) is 3.41. The Morgan fingerprint density at radius 3 is 2.62 bits per heavy atom. The fourth-order valence-corrected chi connectivity index (χ4v) is 2.99. The van der Waals surface area contributed by atoms with Gasteiger partial charge in [-0.3, -0.25) is 9.59 Å². The highest BCUT2D eigenvalue weighted by molar-refractivity contribution is 6.34. The molecule has 0 saturated carbocycles. The van der Waals surface area contributed by atoms with Crippen LogP contribution in [0.3, 0.4) is 0 Å². The van der Waals surface area contributed by atoms with Crippen LogP contribution in [0.1, 0.15) is 12.0 Å². The summed E-state index contributed by atoms with van der Waals surface area (Å²) >= 11 is 6.13. The summed E-state index contributed by atoms with van der Waals surface area (Å²) in [4.78, 5) is 26.4. The summed E-state index contributed by atoms with van der Waals surface area (Å²) in [5, 5.41) is 3.22. The molecule has 0 bridgehead atoms. The zero-order valence-electron chi connectivity index (χ0n) is 12.8. The molecule has 2 amide bonds. The molecule has 6 heteroatoms. The minimum absolute atomic E-state index is 0.250. The van der Waals surface area contributed by atoms with Gasteiger partial charge in [-0.1, -0.05) is 35.9 Å². The number of nitrogens with one attached hydrogen (secondary N) is 1. The zero-order chi connectivity index (χ0) is 17.1. The van der Waals surface area contributed by atoms with Gasteiger partial charge in [-0.2, -0.15) is 0 Å². The normalized spacial score (nSPS) is 17.2. The van der Waals surface area contributed by atoms with Gasteiger partial charge in [0.1, 0.15) is 11.7 Å². The molecule has 2 aromatic carbocycles. The molecular weight excluding hydrogens is 331 g/mol. The Morgan fingerprint density at radius 2 is 1.92 bits per heavy atom. The maximum absolute atomic E-state index is 12.9. The molecule has 1 aliphatic heterocycles. The second kappa shape index (κ2) is 7.01. The van der Waals surface area contributed by atoms with E-state index in [2.05, 4.69) is 5.32 Å². The number of carbonyl (C=O) groups excluding carboxylic acids is 2. The van der Waals surface area contributed by atoms with E-state index < -0.39 is 5.92 Å². The lowest BCUT2D eigenvalue weighted by Gasteiger charge is -2.18. The maximum atomic E-state index is 12.9. The summed E-state index contributed by atoms with van der Waals surface area (Å²) in [5.41, 5.74) is 1.40. The molecule has 1 N–H and O–H groups in total. The van der Waals surface area contributed by atoms with Crippen LogP contribution in [0.25, 0.3) is 0 Å². The molecule has 1 atom stereocenters. The summed E-state index contributed by atoms with van der Waals surface area (Å²) < 4.78 is 12.9.